The van der Waals surface area contributed by atoms with Crippen LogP contribution >= 0.6 is 11.8 Å². The number of primary amides is 1. The monoisotopic (exact) mass is 270 g/mol. The summed E-state index contributed by atoms with van der Waals surface area (Å²) >= 11 is 1.83. The molecule has 1 aromatic rings. The van der Waals surface area contributed by atoms with Gasteiger partial charge in [0.25, 0.3) is 0 Å². The minimum Gasteiger partial charge on any atom is -0.366 e. The maximum Gasteiger partial charge on any atom is 0.248 e. The molecule has 100 valence electrons. The molecule has 0 heterocycles. The van der Waals surface area contributed by atoms with Crippen molar-refractivity contribution >= 4 is 17.7 Å². The summed E-state index contributed by atoms with van der Waals surface area (Å²) < 4.78 is 13.6. The molecule has 1 amide bonds. The standard InChI is InChI=1S/C13H19FN2OS/c1-18-7-3-2-6-16-9-11-5-4-10(13(15)17)8-12(11)14/h4-5,8,16H,2-3,6-7,9H2,1H3,(H2,15,17). The van der Waals surface area contributed by atoms with Crippen molar-refractivity contribution in [3.8, 4) is 0 Å². The lowest BCUT2D eigenvalue weighted by Gasteiger charge is -2.06. The van der Waals surface area contributed by atoms with Gasteiger partial charge >= 0.3 is 0 Å². The van der Waals surface area contributed by atoms with Gasteiger partial charge in [-0.1, -0.05) is 6.07 Å². The maximum atomic E-state index is 13.6. The number of benzene rings is 1. The normalized spacial score (nSPS) is 10.6. The lowest BCUT2D eigenvalue weighted by Crippen LogP contribution is -2.17. The van der Waals surface area contributed by atoms with Gasteiger partial charge in [-0.05, 0) is 43.5 Å². The van der Waals surface area contributed by atoms with Gasteiger partial charge < -0.3 is 11.1 Å². The van der Waals surface area contributed by atoms with Crippen molar-refractivity contribution in [3.05, 3.63) is 35.1 Å². The second kappa shape index (κ2) is 8.11. The molecule has 1 aromatic carbocycles. The van der Waals surface area contributed by atoms with E-state index in [1.165, 1.54) is 6.07 Å². The predicted octanol–water partition coefficient (Wildman–Crippen LogP) is 2.16. The average Bonchev–Trinajstić information content (AvgIpc) is 2.35. The minimum absolute atomic E-state index is 0.205. The number of hydrogen-bond acceptors (Lipinski definition) is 3. The summed E-state index contributed by atoms with van der Waals surface area (Å²) in [7, 11) is 0. The van der Waals surface area contributed by atoms with Crippen LogP contribution in [-0.4, -0.2) is 24.5 Å². The molecule has 5 heteroatoms. The molecule has 0 bridgehead atoms. The van der Waals surface area contributed by atoms with Crippen LogP contribution in [-0.2, 0) is 6.54 Å². The fraction of sp³-hybridized carbons (Fsp3) is 0.462. The highest BCUT2D eigenvalue weighted by molar-refractivity contribution is 7.98. The molecule has 3 nitrogen and oxygen atoms in total. The van der Waals surface area contributed by atoms with Crippen LogP contribution in [0.2, 0.25) is 0 Å². The van der Waals surface area contributed by atoms with E-state index in [2.05, 4.69) is 11.6 Å². The van der Waals surface area contributed by atoms with Crippen molar-refractivity contribution in [2.24, 2.45) is 5.73 Å². The summed E-state index contributed by atoms with van der Waals surface area (Å²) in [6.45, 7) is 1.35. The van der Waals surface area contributed by atoms with Gasteiger partial charge in [-0.15, -0.1) is 0 Å². The van der Waals surface area contributed by atoms with Crippen LogP contribution in [0.1, 0.15) is 28.8 Å². The van der Waals surface area contributed by atoms with E-state index in [0.29, 0.717) is 12.1 Å². The lowest BCUT2D eigenvalue weighted by molar-refractivity contribution is 0.1000. The largest absolute Gasteiger partial charge is 0.366 e. The number of halogens is 1. The van der Waals surface area contributed by atoms with Crippen molar-refractivity contribution in [1.29, 1.82) is 0 Å². The van der Waals surface area contributed by atoms with Crippen LogP contribution in [0.15, 0.2) is 18.2 Å². The highest BCUT2D eigenvalue weighted by Gasteiger charge is 2.06. The van der Waals surface area contributed by atoms with Crippen molar-refractivity contribution in [1.82, 2.24) is 5.32 Å². The number of nitrogens with one attached hydrogen (secondary N) is 1. The SMILES string of the molecule is CSCCCCNCc1ccc(C(N)=O)cc1F. The Morgan fingerprint density at radius 3 is 2.83 bits per heavy atom. The van der Waals surface area contributed by atoms with E-state index < -0.39 is 5.91 Å². The highest BCUT2D eigenvalue weighted by Crippen LogP contribution is 2.10. The summed E-state index contributed by atoms with van der Waals surface area (Å²) in [5.74, 6) is 0.164. The van der Waals surface area contributed by atoms with Gasteiger partial charge in [0.15, 0.2) is 0 Å². The number of amides is 1. The zero-order valence-electron chi connectivity index (χ0n) is 10.5. The first-order chi connectivity index (χ1) is 8.65. The quantitative estimate of drug-likeness (QED) is 0.712. The number of nitrogens with two attached hydrogens (primary N) is 1. The van der Waals surface area contributed by atoms with Crippen LogP contribution in [0.25, 0.3) is 0 Å². The van der Waals surface area contributed by atoms with E-state index in [0.717, 1.165) is 25.1 Å². The van der Waals surface area contributed by atoms with Crippen molar-refractivity contribution in [2.75, 3.05) is 18.6 Å². The number of thioether (sulfide) groups is 1. The Morgan fingerprint density at radius 1 is 1.44 bits per heavy atom. The van der Waals surface area contributed by atoms with Crippen molar-refractivity contribution < 1.29 is 9.18 Å². The summed E-state index contributed by atoms with van der Waals surface area (Å²) in [6.07, 6.45) is 4.34. The third-order valence-corrected chi connectivity index (χ3v) is 3.30. The van der Waals surface area contributed by atoms with Gasteiger partial charge in [-0.3, -0.25) is 4.79 Å². The molecule has 3 N–H and O–H groups in total. The van der Waals surface area contributed by atoms with Gasteiger partial charge in [0, 0.05) is 17.7 Å². The fourth-order valence-corrected chi connectivity index (χ4v) is 2.06. The van der Waals surface area contributed by atoms with Crippen molar-refractivity contribution in [3.63, 3.8) is 0 Å². The van der Waals surface area contributed by atoms with Crippen molar-refractivity contribution in [2.45, 2.75) is 19.4 Å². The third-order valence-electron chi connectivity index (χ3n) is 2.61. The molecule has 0 aliphatic carbocycles. The molecule has 0 unspecified atom stereocenters. The molecule has 0 saturated carbocycles. The summed E-state index contributed by atoms with van der Waals surface area (Å²) in [4.78, 5) is 10.9. The molecule has 18 heavy (non-hydrogen) atoms. The highest BCUT2D eigenvalue weighted by atomic mass is 32.2. The first-order valence-electron chi connectivity index (χ1n) is 5.93. The summed E-state index contributed by atoms with van der Waals surface area (Å²) in [6, 6.07) is 4.34. The predicted molar refractivity (Wildman–Crippen MR) is 74.2 cm³/mol. The molecule has 0 spiro atoms. The average molecular weight is 270 g/mol. The molecule has 0 aliphatic rings. The van der Waals surface area contributed by atoms with E-state index in [1.807, 2.05) is 11.8 Å². The van der Waals surface area contributed by atoms with Gasteiger partial charge in [-0.25, -0.2) is 4.39 Å². The second-order valence-corrected chi connectivity index (χ2v) is 5.03. The number of hydrogen-bond donors (Lipinski definition) is 2. The van der Waals surface area contributed by atoms with Crippen LogP contribution in [0.3, 0.4) is 0 Å². The zero-order chi connectivity index (χ0) is 13.4. The van der Waals surface area contributed by atoms with E-state index in [9.17, 15) is 9.18 Å². The number of unbranched alkanes of at least 4 members (excludes halogenated alkanes) is 1. The Morgan fingerprint density at radius 2 is 2.22 bits per heavy atom. The Balaban J connectivity index is 2.36. The van der Waals surface area contributed by atoms with Crippen LogP contribution < -0.4 is 11.1 Å². The molecule has 0 fully saturated rings. The zero-order valence-corrected chi connectivity index (χ0v) is 11.4. The Hall–Kier alpha value is -1.07. The number of rotatable bonds is 8. The number of carbonyl (C=O) groups excluding carboxylic acids is 1. The third kappa shape index (κ3) is 5.06. The summed E-state index contributed by atoms with van der Waals surface area (Å²) in [5, 5.41) is 3.18. The van der Waals surface area contributed by atoms with Gasteiger partial charge in [-0.2, -0.15) is 11.8 Å². The molecular formula is C13H19FN2OS. The first kappa shape index (κ1) is 15.0. The van der Waals surface area contributed by atoms with Gasteiger partial charge in [0.2, 0.25) is 5.91 Å². The molecule has 0 aliphatic heterocycles. The van der Waals surface area contributed by atoms with E-state index in [1.54, 1.807) is 12.1 Å². The smallest absolute Gasteiger partial charge is 0.248 e. The lowest BCUT2D eigenvalue weighted by atomic mass is 10.1. The van der Waals surface area contributed by atoms with E-state index >= 15 is 0 Å². The maximum absolute atomic E-state index is 13.6. The second-order valence-electron chi connectivity index (χ2n) is 4.05. The molecule has 0 saturated heterocycles. The van der Waals surface area contributed by atoms with E-state index in [4.69, 9.17) is 5.73 Å². The Bertz CT molecular complexity index is 399. The fourth-order valence-electron chi connectivity index (χ4n) is 1.56. The summed E-state index contributed by atoms with van der Waals surface area (Å²) in [5.41, 5.74) is 5.84. The molecule has 0 atom stereocenters. The molecule has 1 rings (SSSR count). The molecule has 0 aromatic heterocycles. The topological polar surface area (TPSA) is 55.1 Å². The van der Waals surface area contributed by atoms with Gasteiger partial charge in [0.05, 0.1) is 0 Å². The number of carbonyl (C=O) groups is 1. The van der Waals surface area contributed by atoms with E-state index in [-0.39, 0.29) is 11.4 Å². The first-order valence-corrected chi connectivity index (χ1v) is 7.32. The Labute approximate surface area is 111 Å². The van der Waals surface area contributed by atoms with Crippen LogP contribution in [0, 0.1) is 5.82 Å². The van der Waals surface area contributed by atoms with Gasteiger partial charge in [0.1, 0.15) is 5.82 Å². The Kier molecular flexibility index (Phi) is 6.75. The minimum atomic E-state index is -0.606. The van der Waals surface area contributed by atoms with Crippen LogP contribution in [0.5, 0.6) is 0 Å². The van der Waals surface area contributed by atoms with Crippen LogP contribution in [0.4, 0.5) is 4.39 Å². The molecular weight excluding hydrogens is 251 g/mol. The molecule has 0 radical (unpaired) electrons.